The van der Waals surface area contributed by atoms with E-state index in [1.54, 1.807) is 23.1 Å². The fourth-order valence-corrected chi connectivity index (χ4v) is 2.64. The quantitative estimate of drug-likeness (QED) is 0.772. The lowest BCUT2D eigenvalue weighted by atomic mass is 10.1. The topological polar surface area (TPSA) is 20.3 Å². The van der Waals surface area contributed by atoms with Crippen molar-refractivity contribution in [3.63, 3.8) is 0 Å². The number of nitrogens with zero attached hydrogens (tertiary/aromatic N) is 1. The van der Waals surface area contributed by atoms with Crippen molar-refractivity contribution in [3.05, 3.63) is 69.7 Å². The number of benzene rings is 2. The van der Waals surface area contributed by atoms with Gasteiger partial charge in [0.05, 0.1) is 0 Å². The van der Waals surface area contributed by atoms with Crippen LogP contribution in [-0.2, 0) is 6.54 Å². The first-order valence-corrected chi connectivity index (χ1v) is 7.54. The molecule has 21 heavy (non-hydrogen) atoms. The zero-order valence-electron chi connectivity index (χ0n) is 12.0. The second-order valence-electron chi connectivity index (χ2n) is 5.17. The third-order valence-electron chi connectivity index (χ3n) is 3.19. The van der Waals surface area contributed by atoms with Crippen LogP contribution >= 0.6 is 23.2 Å². The van der Waals surface area contributed by atoms with Crippen LogP contribution in [0, 0.1) is 0 Å². The highest BCUT2D eigenvalue weighted by atomic mass is 35.5. The maximum atomic E-state index is 12.7. The molecule has 0 unspecified atom stereocenters. The molecule has 0 radical (unpaired) electrons. The van der Waals surface area contributed by atoms with Gasteiger partial charge in [-0.3, -0.25) is 4.79 Å². The highest BCUT2D eigenvalue weighted by Crippen LogP contribution is 2.21. The van der Waals surface area contributed by atoms with Crippen LogP contribution < -0.4 is 0 Å². The zero-order chi connectivity index (χ0) is 15.4. The minimum absolute atomic E-state index is 0.0711. The van der Waals surface area contributed by atoms with Gasteiger partial charge in [-0.25, -0.2) is 0 Å². The Morgan fingerprint density at radius 3 is 2.14 bits per heavy atom. The van der Waals surface area contributed by atoms with E-state index in [4.69, 9.17) is 23.2 Å². The molecule has 2 aromatic rings. The lowest BCUT2D eigenvalue weighted by Gasteiger charge is -2.27. The summed E-state index contributed by atoms with van der Waals surface area (Å²) >= 11 is 12.0. The molecule has 0 N–H and O–H groups in total. The SMILES string of the molecule is CC(C)N(Cc1ccccc1)C(=O)c1cc(Cl)cc(Cl)c1. The summed E-state index contributed by atoms with van der Waals surface area (Å²) in [5, 5.41) is 0.934. The van der Waals surface area contributed by atoms with Crippen LogP contribution in [0.3, 0.4) is 0 Å². The van der Waals surface area contributed by atoms with Crippen LogP contribution in [0.2, 0.25) is 10.0 Å². The van der Waals surface area contributed by atoms with Gasteiger partial charge in [0.25, 0.3) is 5.91 Å². The van der Waals surface area contributed by atoms with Crippen molar-refractivity contribution in [1.29, 1.82) is 0 Å². The lowest BCUT2D eigenvalue weighted by Crippen LogP contribution is -2.36. The molecule has 0 saturated carbocycles. The van der Waals surface area contributed by atoms with Gasteiger partial charge in [0, 0.05) is 28.2 Å². The maximum absolute atomic E-state index is 12.7. The molecule has 0 saturated heterocycles. The molecule has 2 rings (SSSR count). The van der Waals surface area contributed by atoms with E-state index in [1.165, 1.54) is 0 Å². The van der Waals surface area contributed by atoms with E-state index in [9.17, 15) is 4.79 Å². The summed E-state index contributed by atoms with van der Waals surface area (Å²) in [5.41, 5.74) is 1.60. The average Bonchev–Trinajstić information content (AvgIpc) is 2.44. The van der Waals surface area contributed by atoms with Crippen LogP contribution in [0.4, 0.5) is 0 Å². The highest BCUT2D eigenvalue weighted by molar-refractivity contribution is 6.35. The van der Waals surface area contributed by atoms with Gasteiger partial charge in [-0.05, 0) is 37.6 Å². The predicted octanol–water partition coefficient (Wildman–Crippen LogP) is 5.04. The van der Waals surface area contributed by atoms with Crippen LogP contribution in [0.1, 0.15) is 29.8 Å². The molecule has 0 aliphatic heterocycles. The number of carbonyl (C=O) groups excluding carboxylic acids is 1. The number of hydrogen-bond acceptors (Lipinski definition) is 1. The second-order valence-corrected chi connectivity index (χ2v) is 6.04. The first-order chi connectivity index (χ1) is 9.97. The van der Waals surface area contributed by atoms with E-state index < -0.39 is 0 Å². The average molecular weight is 322 g/mol. The second kappa shape index (κ2) is 6.97. The Morgan fingerprint density at radius 1 is 1.05 bits per heavy atom. The van der Waals surface area contributed by atoms with Gasteiger partial charge in [0.1, 0.15) is 0 Å². The minimum Gasteiger partial charge on any atom is -0.332 e. The molecule has 0 aliphatic rings. The van der Waals surface area contributed by atoms with Crippen LogP contribution in [0.25, 0.3) is 0 Å². The number of halogens is 2. The van der Waals surface area contributed by atoms with Crippen LogP contribution in [-0.4, -0.2) is 16.8 Å². The Labute approximate surface area is 135 Å². The Kier molecular flexibility index (Phi) is 5.27. The van der Waals surface area contributed by atoms with E-state index in [2.05, 4.69) is 0 Å². The number of hydrogen-bond donors (Lipinski definition) is 0. The molecule has 110 valence electrons. The van der Waals surface area contributed by atoms with Crippen molar-refractivity contribution in [3.8, 4) is 0 Å². The van der Waals surface area contributed by atoms with Crippen molar-refractivity contribution < 1.29 is 4.79 Å². The number of rotatable bonds is 4. The van der Waals surface area contributed by atoms with Crippen LogP contribution in [0.15, 0.2) is 48.5 Å². The Hall–Kier alpha value is -1.51. The van der Waals surface area contributed by atoms with Gasteiger partial charge in [0.15, 0.2) is 0 Å². The summed E-state index contributed by atoms with van der Waals surface area (Å²) in [7, 11) is 0. The first-order valence-electron chi connectivity index (χ1n) is 6.78. The van der Waals surface area contributed by atoms with Crippen LogP contribution in [0.5, 0.6) is 0 Å². The molecule has 0 bridgehead atoms. The third-order valence-corrected chi connectivity index (χ3v) is 3.63. The molecule has 4 heteroatoms. The molecule has 1 amide bonds. The Balaban J connectivity index is 2.27. The predicted molar refractivity (Wildman–Crippen MR) is 87.9 cm³/mol. The largest absolute Gasteiger partial charge is 0.332 e. The van der Waals surface area contributed by atoms with E-state index in [-0.39, 0.29) is 11.9 Å². The van der Waals surface area contributed by atoms with Crippen molar-refractivity contribution in [2.75, 3.05) is 0 Å². The van der Waals surface area contributed by atoms with Gasteiger partial charge in [-0.1, -0.05) is 53.5 Å². The molecule has 2 aromatic carbocycles. The summed E-state index contributed by atoms with van der Waals surface area (Å²) in [4.78, 5) is 14.5. The van der Waals surface area contributed by atoms with Gasteiger partial charge in [0.2, 0.25) is 0 Å². The summed E-state index contributed by atoms with van der Waals surface area (Å²) in [6.45, 7) is 4.54. The van der Waals surface area contributed by atoms with Gasteiger partial charge >= 0.3 is 0 Å². The van der Waals surface area contributed by atoms with E-state index in [0.717, 1.165) is 5.56 Å². The summed E-state index contributed by atoms with van der Waals surface area (Å²) in [6, 6.07) is 14.9. The number of carbonyl (C=O) groups is 1. The standard InChI is InChI=1S/C17H17Cl2NO/c1-12(2)20(11-13-6-4-3-5-7-13)17(21)14-8-15(18)10-16(19)9-14/h3-10,12H,11H2,1-2H3. The first kappa shape index (κ1) is 15.9. The molecule has 0 aromatic heterocycles. The van der Waals surface area contributed by atoms with Gasteiger partial charge < -0.3 is 4.90 Å². The molecule has 0 atom stereocenters. The van der Waals surface area contributed by atoms with Crippen molar-refractivity contribution in [2.24, 2.45) is 0 Å². The molecule has 0 heterocycles. The minimum atomic E-state index is -0.0711. The number of amides is 1. The molecule has 0 aliphatic carbocycles. The summed E-state index contributed by atoms with van der Waals surface area (Å²) in [5.74, 6) is -0.0711. The monoisotopic (exact) mass is 321 g/mol. The molecular formula is C17H17Cl2NO. The van der Waals surface area contributed by atoms with Gasteiger partial charge in [-0.15, -0.1) is 0 Å². The normalized spacial score (nSPS) is 10.7. The van der Waals surface area contributed by atoms with Crippen molar-refractivity contribution >= 4 is 29.1 Å². The van der Waals surface area contributed by atoms with E-state index >= 15 is 0 Å². The smallest absolute Gasteiger partial charge is 0.254 e. The maximum Gasteiger partial charge on any atom is 0.254 e. The highest BCUT2D eigenvalue weighted by Gasteiger charge is 2.19. The molecule has 0 fully saturated rings. The Bertz CT molecular complexity index is 606. The Morgan fingerprint density at radius 2 is 1.62 bits per heavy atom. The van der Waals surface area contributed by atoms with Gasteiger partial charge in [-0.2, -0.15) is 0 Å². The summed E-state index contributed by atoms with van der Waals surface area (Å²) in [6.07, 6.45) is 0. The summed E-state index contributed by atoms with van der Waals surface area (Å²) < 4.78 is 0. The van der Waals surface area contributed by atoms with Crippen molar-refractivity contribution in [2.45, 2.75) is 26.4 Å². The van der Waals surface area contributed by atoms with Crippen molar-refractivity contribution in [1.82, 2.24) is 4.90 Å². The third kappa shape index (κ3) is 4.23. The molecule has 0 spiro atoms. The molecule has 2 nitrogen and oxygen atoms in total. The van der Waals surface area contributed by atoms with E-state index in [1.807, 2.05) is 44.2 Å². The van der Waals surface area contributed by atoms with E-state index in [0.29, 0.717) is 22.2 Å². The fraction of sp³-hybridized carbons (Fsp3) is 0.235. The molecular weight excluding hydrogens is 305 g/mol. The fourth-order valence-electron chi connectivity index (χ4n) is 2.11. The zero-order valence-corrected chi connectivity index (χ0v) is 13.5. The lowest BCUT2D eigenvalue weighted by molar-refractivity contribution is 0.0690.